The largest absolute Gasteiger partial charge is 0.497 e. The van der Waals surface area contributed by atoms with Gasteiger partial charge in [-0.1, -0.05) is 0 Å². The van der Waals surface area contributed by atoms with E-state index in [4.69, 9.17) is 20.2 Å². The van der Waals surface area contributed by atoms with Crippen molar-refractivity contribution in [1.82, 2.24) is 4.98 Å². The van der Waals surface area contributed by atoms with Crippen LogP contribution in [0.1, 0.15) is 19.3 Å². The minimum absolute atomic E-state index is 0.209. The van der Waals surface area contributed by atoms with E-state index in [1.54, 1.807) is 7.11 Å². The Morgan fingerprint density at radius 3 is 2.88 bits per heavy atom. The summed E-state index contributed by atoms with van der Waals surface area (Å²) >= 11 is 0. The summed E-state index contributed by atoms with van der Waals surface area (Å²) in [6.45, 7) is 4.54. The van der Waals surface area contributed by atoms with Gasteiger partial charge in [-0.3, -0.25) is 0 Å². The molecule has 2 N–H and O–H groups in total. The maximum Gasteiger partial charge on any atom is 0.129 e. The van der Waals surface area contributed by atoms with E-state index >= 15 is 0 Å². The van der Waals surface area contributed by atoms with Crippen molar-refractivity contribution in [2.24, 2.45) is 17.1 Å². The SMILES string of the molecule is COc1ccc2nc(N3CCC(CN)(C4CCOCC4)C3)ccc2c1. The van der Waals surface area contributed by atoms with Crippen LogP contribution in [0.3, 0.4) is 0 Å². The van der Waals surface area contributed by atoms with Crippen molar-refractivity contribution in [3.05, 3.63) is 30.3 Å². The van der Waals surface area contributed by atoms with Gasteiger partial charge in [0.15, 0.2) is 0 Å². The van der Waals surface area contributed by atoms with Gasteiger partial charge < -0.3 is 20.1 Å². The summed E-state index contributed by atoms with van der Waals surface area (Å²) < 4.78 is 10.8. The minimum Gasteiger partial charge on any atom is -0.497 e. The molecule has 2 fully saturated rings. The highest BCUT2D eigenvalue weighted by Crippen LogP contribution is 2.43. The smallest absolute Gasteiger partial charge is 0.129 e. The van der Waals surface area contributed by atoms with Gasteiger partial charge in [0.25, 0.3) is 0 Å². The van der Waals surface area contributed by atoms with Crippen LogP contribution < -0.4 is 15.4 Å². The number of ether oxygens (including phenoxy) is 2. The monoisotopic (exact) mass is 341 g/mol. The molecule has 4 rings (SSSR count). The minimum atomic E-state index is 0.209. The molecule has 5 heteroatoms. The molecule has 0 saturated carbocycles. The molecule has 2 aliphatic rings. The normalized spacial score (nSPS) is 24.8. The van der Waals surface area contributed by atoms with Crippen LogP contribution >= 0.6 is 0 Å². The lowest BCUT2D eigenvalue weighted by Gasteiger charge is -2.39. The number of nitrogens with zero attached hydrogens (tertiary/aromatic N) is 2. The van der Waals surface area contributed by atoms with Gasteiger partial charge in [-0.2, -0.15) is 0 Å². The lowest BCUT2D eigenvalue weighted by atomic mass is 9.71. The molecule has 0 radical (unpaired) electrons. The van der Waals surface area contributed by atoms with Crippen LogP contribution in [0.5, 0.6) is 5.75 Å². The zero-order valence-electron chi connectivity index (χ0n) is 14.9. The van der Waals surface area contributed by atoms with E-state index < -0.39 is 0 Å². The highest BCUT2D eigenvalue weighted by molar-refractivity contribution is 5.81. The van der Waals surface area contributed by atoms with Gasteiger partial charge in [0.1, 0.15) is 11.6 Å². The molecule has 2 aromatic rings. The predicted molar refractivity (Wildman–Crippen MR) is 100 cm³/mol. The lowest BCUT2D eigenvalue weighted by Crippen LogP contribution is -2.43. The predicted octanol–water partition coefficient (Wildman–Crippen LogP) is 2.83. The summed E-state index contributed by atoms with van der Waals surface area (Å²) in [6, 6.07) is 10.3. The Bertz CT molecular complexity index is 745. The Labute approximate surface area is 149 Å². The van der Waals surface area contributed by atoms with Crippen molar-refractivity contribution in [2.45, 2.75) is 19.3 Å². The molecule has 134 valence electrons. The van der Waals surface area contributed by atoms with Gasteiger partial charge in [0, 0.05) is 37.1 Å². The number of methoxy groups -OCH3 is 1. The molecule has 2 aliphatic heterocycles. The van der Waals surface area contributed by atoms with Gasteiger partial charge in [-0.05, 0) is 62.1 Å². The second-order valence-corrected chi connectivity index (χ2v) is 7.35. The Morgan fingerprint density at radius 1 is 1.28 bits per heavy atom. The van der Waals surface area contributed by atoms with Crippen LogP contribution in [0.4, 0.5) is 5.82 Å². The molecule has 1 unspecified atom stereocenters. The van der Waals surface area contributed by atoms with E-state index in [9.17, 15) is 0 Å². The molecule has 0 amide bonds. The third kappa shape index (κ3) is 3.07. The first-order chi connectivity index (χ1) is 12.2. The van der Waals surface area contributed by atoms with E-state index in [0.717, 1.165) is 74.6 Å². The number of pyridine rings is 1. The highest BCUT2D eigenvalue weighted by atomic mass is 16.5. The van der Waals surface area contributed by atoms with E-state index in [2.05, 4.69) is 17.0 Å². The van der Waals surface area contributed by atoms with Crippen molar-refractivity contribution in [3.63, 3.8) is 0 Å². The molecular formula is C20H27N3O2. The van der Waals surface area contributed by atoms with E-state index in [0.29, 0.717) is 5.92 Å². The third-order valence-corrected chi connectivity index (χ3v) is 6.08. The molecule has 1 aromatic heterocycles. The van der Waals surface area contributed by atoms with Crippen molar-refractivity contribution < 1.29 is 9.47 Å². The average Bonchev–Trinajstić information content (AvgIpc) is 3.14. The summed E-state index contributed by atoms with van der Waals surface area (Å²) in [7, 11) is 1.69. The molecule has 0 spiro atoms. The second-order valence-electron chi connectivity index (χ2n) is 7.35. The Balaban J connectivity index is 1.57. The zero-order valence-corrected chi connectivity index (χ0v) is 14.9. The molecule has 0 bridgehead atoms. The number of fused-ring (bicyclic) bond motifs is 1. The number of rotatable bonds is 4. The van der Waals surface area contributed by atoms with Crippen molar-refractivity contribution in [2.75, 3.05) is 44.9 Å². The summed E-state index contributed by atoms with van der Waals surface area (Å²) in [4.78, 5) is 7.29. The number of nitrogens with two attached hydrogens (primary N) is 1. The van der Waals surface area contributed by atoms with Crippen LogP contribution in [-0.2, 0) is 4.74 Å². The van der Waals surface area contributed by atoms with Crippen LogP contribution in [-0.4, -0.2) is 44.9 Å². The standard InChI is InChI=1S/C20H27N3O2/c1-24-17-3-4-18-15(12-17)2-5-19(22-18)23-9-8-20(13-21,14-23)16-6-10-25-11-7-16/h2-5,12,16H,6-11,13-14,21H2,1H3. The summed E-state index contributed by atoms with van der Waals surface area (Å²) in [5, 5.41) is 1.11. The summed E-state index contributed by atoms with van der Waals surface area (Å²) in [5.41, 5.74) is 7.48. The van der Waals surface area contributed by atoms with Gasteiger partial charge in [0.2, 0.25) is 0 Å². The highest BCUT2D eigenvalue weighted by Gasteiger charge is 2.44. The number of anilines is 1. The van der Waals surface area contributed by atoms with Crippen LogP contribution in [0.25, 0.3) is 10.9 Å². The number of benzene rings is 1. The quantitative estimate of drug-likeness (QED) is 0.926. The molecule has 0 aliphatic carbocycles. The van der Waals surface area contributed by atoms with Crippen molar-refractivity contribution in [3.8, 4) is 5.75 Å². The molecule has 25 heavy (non-hydrogen) atoms. The van der Waals surface area contributed by atoms with Crippen LogP contribution in [0.2, 0.25) is 0 Å². The maximum absolute atomic E-state index is 6.26. The lowest BCUT2D eigenvalue weighted by molar-refractivity contribution is 0.0203. The van der Waals surface area contributed by atoms with E-state index in [1.807, 2.05) is 18.2 Å². The maximum atomic E-state index is 6.26. The number of aromatic nitrogens is 1. The molecular weight excluding hydrogens is 314 g/mol. The molecule has 5 nitrogen and oxygen atoms in total. The summed E-state index contributed by atoms with van der Waals surface area (Å²) in [5.74, 6) is 2.59. The first kappa shape index (κ1) is 16.6. The van der Waals surface area contributed by atoms with Gasteiger partial charge in [-0.15, -0.1) is 0 Å². The topological polar surface area (TPSA) is 60.6 Å². The first-order valence-corrected chi connectivity index (χ1v) is 9.22. The van der Waals surface area contributed by atoms with Gasteiger partial charge in [0.05, 0.1) is 12.6 Å². The Hall–Kier alpha value is -1.85. The molecule has 2 saturated heterocycles. The third-order valence-electron chi connectivity index (χ3n) is 6.08. The average molecular weight is 341 g/mol. The molecule has 1 aromatic carbocycles. The fourth-order valence-electron chi connectivity index (χ4n) is 4.46. The number of hydrogen-bond donors (Lipinski definition) is 1. The zero-order chi connectivity index (χ0) is 17.3. The van der Waals surface area contributed by atoms with Crippen molar-refractivity contribution in [1.29, 1.82) is 0 Å². The van der Waals surface area contributed by atoms with E-state index in [1.165, 1.54) is 0 Å². The second kappa shape index (κ2) is 6.81. The molecule has 3 heterocycles. The van der Waals surface area contributed by atoms with Gasteiger partial charge in [-0.25, -0.2) is 4.98 Å². The first-order valence-electron chi connectivity index (χ1n) is 9.22. The Morgan fingerprint density at radius 2 is 2.12 bits per heavy atom. The number of hydrogen-bond acceptors (Lipinski definition) is 5. The Kier molecular flexibility index (Phi) is 4.52. The van der Waals surface area contributed by atoms with Crippen molar-refractivity contribution >= 4 is 16.7 Å². The fraction of sp³-hybridized carbons (Fsp3) is 0.550. The van der Waals surface area contributed by atoms with Gasteiger partial charge >= 0.3 is 0 Å². The molecule has 1 atom stereocenters. The van der Waals surface area contributed by atoms with Crippen LogP contribution in [0.15, 0.2) is 30.3 Å². The van der Waals surface area contributed by atoms with E-state index in [-0.39, 0.29) is 5.41 Å². The summed E-state index contributed by atoms with van der Waals surface area (Å²) in [6.07, 6.45) is 3.42. The fourth-order valence-corrected chi connectivity index (χ4v) is 4.46. The van der Waals surface area contributed by atoms with Crippen LogP contribution in [0, 0.1) is 11.3 Å².